The number of pyridine rings is 1. The Kier molecular flexibility index (Phi) is 6.15. The summed E-state index contributed by atoms with van der Waals surface area (Å²) in [4.78, 5) is 28.7. The number of anilines is 1. The number of carbonyl (C=O) groups excluding carboxylic acids is 2. The molecule has 2 aromatic carbocycles. The summed E-state index contributed by atoms with van der Waals surface area (Å²) >= 11 is 0. The number of rotatable bonds is 5. The zero-order valence-corrected chi connectivity index (χ0v) is 18.5. The highest BCUT2D eigenvalue weighted by atomic mass is 19.4. The van der Waals surface area contributed by atoms with Crippen LogP contribution in [0.2, 0.25) is 0 Å². The van der Waals surface area contributed by atoms with Crippen LogP contribution >= 0.6 is 0 Å². The van der Waals surface area contributed by atoms with Crippen LogP contribution in [0.4, 0.5) is 23.2 Å². The maximum absolute atomic E-state index is 13.9. The number of nitrogens with one attached hydrogen (secondary N) is 1. The van der Waals surface area contributed by atoms with E-state index in [-0.39, 0.29) is 40.0 Å². The SMILES string of the molecule is Cc1c(NC(=O)c2cc(C(N)=O)nc3cc(F)ccc23)c(C(F)(F)F)nn1Cc1ccccc1C#N. The lowest BCUT2D eigenvalue weighted by molar-refractivity contribution is -0.140. The van der Waals surface area contributed by atoms with Crippen molar-refractivity contribution in [2.45, 2.75) is 19.6 Å². The van der Waals surface area contributed by atoms with Crippen molar-refractivity contribution in [3.8, 4) is 6.07 Å². The van der Waals surface area contributed by atoms with Gasteiger partial charge in [-0.15, -0.1) is 0 Å². The van der Waals surface area contributed by atoms with Crippen LogP contribution in [0, 0.1) is 24.1 Å². The van der Waals surface area contributed by atoms with Crippen molar-refractivity contribution in [1.82, 2.24) is 14.8 Å². The summed E-state index contributed by atoms with van der Waals surface area (Å²) < 4.78 is 56.3. The Morgan fingerprint density at radius 3 is 2.56 bits per heavy atom. The van der Waals surface area contributed by atoms with Crippen LogP contribution in [0.5, 0.6) is 0 Å². The van der Waals surface area contributed by atoms with E-state index in [1.54, 1.807) is 18.2 Å². The third-order valence-corrected chi connectivity index (χ3v) is 5.44. The summed E-state index contributed by atoms with van der Waals surface area (Å²) in [5.41, 5.74) is 3.31. The Morgan fingerprint density at radius 2 is 1.89 bits per heavy atom. The Labute approximate surface area is 201 Å². The molecule has 2 amide bonds. The summed E-state index contributed by atoms with van der Waals surface area (Å²) in [6.45, 7) is 1.18. The number of carbonyl (C=O) groups is 2. The van der Waals surface area contributed by atoms with Gasteiger partial charge in [0.2, 0.25) is 0 Å². The number of hydrogen-bond donors (Lipinski definition) is 2. The lowest BCUT2D eigenvalue weighted by atomic mass is 10.1. The van der Waals surface area contributed by atoms with E-state index in [0.717, 1.165) is 22.9 Å². The van der Waals surface area contributed by atoms with Crippen molar-refractivity contribution < 1.29 is 27.2 Å². The zero-order chi connectivity index (χ0) is 26.2. The van der Waals surface area contributed by atoms with Crippen molar-refractivity contribution in [3.05, 3.63) is 88.1 Å². The van der Waals surface area contributed by atoms with Crippen molar-refractivity contribution in [3.63, 3.8) is 0 Å². The van der Waals surface area contributed by atoms with E-state index in [1.165, 1.54) is 19.1 Å². The second kappa shape index (κ2) is 9.10. The molecule has 0 aliphatic carbocycles. The van der Waals surface area contributed by atoms with Crippen molar-refractivity contribution in [1.29, 1.82) is 5.26 Å². The Hall–Kier alpha value is -4.79. The molecule has 0 atom stereocenters. The van der Waals surface area contributed by atoms with Crippen molar-refractivity contribution in [2.24, 2.45) is 5.73 Å². The summed E-state index contributed by atoms with van der Waals surface area (Å²) in [6, 6.07) is 12.6. The van der Waals surface area contributed by atoms with E-state index in [2.05, 4.69) is 15.4 Å². The third kappa shape index (κ3) is 4.58. The maximum Gasteiger partial charge on any atom is 0.437 e. The lowest BCUT2D eigenvalue weighted by Gasteiger charge is -2.12. The van der Waals surface area contributed by atoms with Gasteiger partial charge in [0.05, 0.1) is 40.6 Å². The minimum absolute atomic E-state index is 0.0250. The van der Waals surface area contributed by atoms with Gasteiger partial charge in [-0.2, -0.15) is 23.5 Å². The predicted octanol–water partition coefficient (Wildman–Crippen LogP) is 4.17. The molecule has 12 heteroatoms. The first kappa shape index (κ1) is 24.3. The maximum atomic E-state index is 13.9. The van der Waals surface area contributed by atoms with Gasteiger partial charge in [0.1, 0.15) is 11.5 Å². The number of benzene rings is 2. The number of nitriles is 1. The molecule has 182 valence electrons. The quantitative estimate of drug-likeness (QED) is 0.401. The minimum atomic E-state index is -4.92. The van der Waals surface area contributed by atoms with Gasteiger partial charge in [0.25, 0.3) is 11.8 Å². The highest BCUT2D eigenvalue weighted by molar-refractivity contribution is 6.14. The summed E-state index contributed by atoms with van der Waals surface area (Å²) in [5, 5.41) is 15.3. The fourth-order valence-corrected chi connectivity index (χ4v) is 3.67. The first-order chi connectivity index (χ1) is 17.0. The normalized spacial score (nSPS) is 11.3. The minimum Gasteiger partial charge on any atom is -0.364 e. The van der Waals surface area contributed by atoms with Gasteiger partial charge in [-0.3, -0.25) is 14.3 Å². The van der Waals surface area contributed by atoms with E-state index >= 15 is 0 Å². The van der Waals surface area contributed by atoms with Crippen molar-refractivity contribution >= 4 is 28.4 Å². The summed E-state index contributed by atoms with van der Waals surface area (Å²) in [6.07, 6.45) is -4.92. The topological polar surface area (TPSA) is 127 Å². The van der Waals surface area contributed by atoms with Crippen LogP contribution in [0.3, 0.4) is 0 Å². The predicted molar refractivity (Wildman–Crippen MR) is 120 cm³/mol. The van der Waals surface area contributed by atoms with Gasteiger partial charge in [-0.1, -0.05) is 18.2 Å². The average Bonchev–Trinajstić information content (AvgIpc) is 3.13. The highest BCUT2D eigenvalue weighted by Gasteiger charge is 2.39. The van der Waals surface area contributed by atoms with Crippen LogP contribution in [0.15, 0.2) is 48.5 Å². The zero-order valence-electron chi connectivity index (χ0n) is 18.5. The summed E-state index contributed by atoms with van der Waals surface area (Å²) in [7, 11) is 0. The van der Waals surface area contributed by atoms with Gasteiger partial charge in [-0.25, -0.2) is 9.37 Å². The molecule has 2 aromatic heterocycles. The standard InChI is InChI=1S/C24H16F4N6O2/c1-12-20(21(24(26,27)28)33-34(12)11-14-5-3-2-4-13(14)10-29)32-23(36)17-9-19(22(30)35)31-18-8-15(25)6-7-16(17)18/h2-9H,11H2,1H3,(H2,30,35)(H,32,36). The number of primary amides is 1. The molecule has 8 nitrogen and oxygen atoms in total. The van der Waals surface area contributed by atoms with Crippen LogP contribution in [0.1, 0.15) is 43.4 Å². The van der Waals surface area contributed by atoms with Gasteiger partial charge in [0.15, 0.2) is 5.69 Å². The number of nitrogens with zero attached hydrogens (tertiary/aromatic N) is 4. The molecule has 0 saturated carbocycles. The molecule has 0 fully saturated rings. The molecule has 0 aliphatic heterocycles. The number of amides is 2. The third-order valence-electron chi connectivity index (χ3n) is 5.44. The molecular formula is C24H16F4N6O2. The number of nitrogens with two attached hydrogens (primary N) is 1. The molecule has 0 radical (unpaired) electrons. The molecule has 4 aromatic rings. The number of alkyl halides is 3. The average molecular weight is 496 g/mol. The molecule has 3 N–H and O–H groups in total. The molecular weight excluding hydrogens is 480 g/mol. The van der Waals surface area contributed by atoms with Crippen LogP contribution in [0.25, 0.3) is 10.9 Å². The van der Waals surface area contributed by atoms with Gasteiger partial charge in [-0.05, 0) is 36.8 Å². The Bertz CT molecular complexity index is 1570. The van der Waals surface area contributed by atoms with E-state index in [9.17, 15) is 32.4 Å². The molecule has 0 unspecified atom stereocenters. The van der Waals surface area contributed by atoms with Crippen LogP contribution < -0.4 is 11.1 Å². The monoisotopic (exact) mass is 496 g/mol. The first-order valence-electron chi connectivity index (χ1n) is 10.3. The highest BCUT2D eigenvalue weighted by Crippen LogP contribution is 2.36. The number of halogens is 4. The molecule has 4 rings (SSSR count). The Morgan fingerprint density at radius 1 is 1.17 bits per heavy atom. The number of hydrogen-bond acceptors (Lipinski definition) is 5. The largest absolute Gasteiger partial charge is 0.437 e. The van der Waals surface area contributed by atoms with Gasteiger partial charge in [0, 0.05) is 11.5 Å². The summed E-state index contributed by atoms with van der Waals surface area (Å²) in [5.74, 6) is -2.72. The Balaban J connectivity index is 1.80. The number of aromatic nitrogens is 3. The smallest absolute Gasteiger partial charge is 0.364 e. The molecule has 36 heavy (non-hydrogen) atoms. The lowest BCUT2D eigenvalue weighted by Crippen LogP contribution is -2.19. The number of fused-ring (bicyclic) bond motifs is 1. The van der Waals surface area contributed by atoms with Crippen LogP contribution in [-0.2, 0) is 12.7 Å². The van der Waals surface area contributed by atoms with Gasteiger partial charge >= 0.3 is 6.18 Å². The van der Waals surface area contributed by atoms with E-state index in [0.29, 0.717) is 5.56 Å². The van der Waals surface area contributed by atoms with E-state index in [4.69, 9.17) is 5.73 Å². The second-order valence-electron chi connectivity index (χ2n) is 7.77. The van der Waals surface area contributed by atoms with E-state index < -0.39 is 35.2 Å². The first-order valence-corrected chi connectivity index (χ1v) is 10.3. The fraction of sp³-hybridized carbons (Fsp3) is 0.125. The van der Waals surface area contributed by atoms with Crippen LogP contribution in [-0.4, -0.2) is 26.6 Å². The molecule has 0 saturated heterocycles. The fourth-order valence-electron chi connectivity index (χ4n) is 3.67. The molecule has 0 aliphatic rings. The van der Waals surface area contributed by atoms with E-state index in [1.807, 2.05) is 6.07 Å². The van der Waals surface area contributed by atoms with Gasteiger partial charge < -0.3 is 11.1 Å². The molecule has 0 spiro atoms. The van der Waals surface area contributed by atoms with Crippen molar-refractivity contribution in [2.75, 3.05) is 5.32 Å². The second-order valence-corrected chi connectivity index (χ2v) is 7.77. The molecule has 0 bridgehead atoms. The molecule has 2 heterocycles.